The molecule has 0 radical (unpaired) electrons. The van der Waals surface area contributed by atoms with Crippen molar-refractivity contribution in [2.45, 2.75) is 19.4 Å². The molecule has 1 aromatic carbocycles. The van der Waals surface area contributed by atoms with Crippen LogP contribution in [0.15, 0.2) is 36.5 Å². The molecule has 0 aliphatic carbocycles. The number of aliphatic hydroxyl groups excluding tert-OH is 1. The highest BCUT2D eigenvalue weighted by molar-refractivity contribution is 5.92. The average molecular weight is 242 g/mol. The molecule has 1 fully saturated rings. The van der Waals surface area contributed by atoms with Crippen molar-refractivity contribution < 1.29 is 5.11 Å². The van der Waals surface area contributed by atoms with Gasteiger partial charge in [-0.15, -0.1) is 0 Å². The van der Waals surface area contributed by atoms with Crippen LogP contribution in [0.3, 0.4) is 0 Å². The number of β-amino-alcohol motifs (C(OH)–C–C–N with tert-alkyl or cyclic N) is 1. The minimum absolute atomic E-state index is 0.250. The predicted molar refractivity (Wildman–Crippen MR) is 73.7 cm³/mol. The first-order valence-electron chi connectivity index (χ1n) is 6.52. The van der Waals surface area contributed by atoms with Crippen LogP contribution in [0.25, 0.3) is 10.8 Å². The maximum absolute atomic E-state index is 10.0. The number of hydrogen-bond acceptors (Lipinski definition) is 3. The lowest BCUT2D eigenvalue weighted by molar-refractivity contribution is 0.103. The van der Waals surface area contributed by atoms with Crippen molar-refractivity contribution in [2.24, 2.45) is 5.92 Å². The molecular weight excluding hydrogens is 224 g/mol. The van der Waals surface area contributed by atoms with E-state index >= 15 is 0 Å². The number of pyridine rings is 1. The van der Waals surface area contributed by atoms with E-state index in [2.05, 4.69) is 28.9 Å². The first-order chi connectivity index (χ1) is 8.75. The third-order valence-corrected chi connectivity index (χ3v) is 3.87. The molecule has 1 N–H and O–H groups in total. The summed E-state index contributed by atoms with van der Waals surface area (Å²) in [6.45, 7) is 3.76. The van der Waals surface area contributed by atoms with E-state index in [1.165, 1.54) is 10.8 Å². The van der Waals surface area contributed by atoms with Crippen LogP contribution in [0.2, 0.25) is 0 Å². The van der Waals surface area contributed by atoms with E-state index in [-0.39, 0.29) is 6.10 Å². The molecule has 18 heavy (non-hydrogen) atoms. The van der Waals surface area contributed by atoms with Gasteiger partial charge >= 0.3 is 0 Å². The van der Waals surface area contributed by atoms with Crippen molar-refractivity contribution in [3.05, 3.63) is 36.5 Å². The van der Waals surface area contributed by atoms with Gasteiger partial charge < -0.3 is 10.0 Å². The Morgan fingerprint density at radius 1 is 1.28 bits per heavy atom. The summed E-state index contributed by atoms with van der Waals surface area (Å²) in [5, 5.41) is 12.4. The normalized spacial score (nSPS) is 24.4. The van der Waals surface area contributed by atoms with Crippen LogP contribution in [0.4, 0.5) is 5.82 Å². The van der Waals surface area contributed by atoms with Gasteiger partial charge in [0.15, 0.2) is 0 Å². The maximum Gasteiger partial charge on any atom is 0.136 e. The Morgan fingerprint density at radius 3 is 2.94 bits per heavy atom. The Morgan fingerprint density at radius 2 is 2.11 bits per heavy atom. The zero-order valence-corrected chi connectivity index (χ0v) is 10.6. The summed E-state index contributed by atoms with van der Waals surface area (Å²) in [7, 11) is 0. The lowest BCUT2D eigenvalue weighted by atomic mass is 9.96. The predicted octanol–water partition coefficient (Wildman–Crippen LogP) is 2.44. The molecule has 3 nitrogen and oxygen atoms in total. The molecule has 0 spiro atoms. The van der Waals surface area contributed by atoms with Crippen molar-refractivity contribution >= 4 is 16.6 Å². The van der Waals surface area contributed by atoms with E-state index in [4.69, 9.17) is 0 Å². The van der Waals surface area contributed by atoms with Crippen LogP contribution >= 0.6 is 0 Å². The van der Waals surface area contributed by atoms with Crippen LogP contribution in [-0.4, -0.2) is 29.3 Å². The first-order valence-corrected chi connectivity index (χ1v) is 6.52. The topological polar surface area (TPSA) is 36.4 Å². The van der Waals surface area contributed by atoms with Crippen LogP contribution in [-0.2, 0) is 0 Å². The van der Waals surface area contributed by atoms with Gasteiger partial charge in [-0.3, -0.25) is 0 Å². The third-order valence-electron chi connectivity index (χ3n) is 3.87. The molecule has 1 aliphatic rings. The molecular formula is C15H18N2O. The number of piperidine rings is 1. The fraction of sp³-hybridized carbons (Fsp3) is 0.400. The number of fused-ring (bicyclic) bond motifs is 1. The molecule has 2 heterocycles. The summed E-state index contributed by atoms with van der Waals surface area (Å²) in [6, 6.07) is 10.3. The van der Waals surface area contributed by atoms with Gasteiger partial charge in [0.1, 0.15) is 5.82 Å². The molecule has 0 saturated carbocycles. The molecule has 94 valence electrons. The summed E-state index contributed by atoms with van der Waals surface area (Å²) in [6.07, 6.45) is 2.62. The molecule has 1 aromatic heterocycles. The van der Waals surface area contributed by atoms with Gasteiger partial charge in [0, 0.05) is 24.7 Å². The van der Waals surface area contributed by atoms with Gasteiger partial charge in [0.05, 0.1) is 6.10 Å². The molecule has 2 unspecified atom stereocenters. The lowest BCUT2D eigenvalue weighted by Gasteiger charge is -2.35. The van der Waals surface area contributed by atoms with Crippen LogP contribution < -0.4 is 4.90 Å². The molecule has 1 aliphatic heterocycles. The second kappa shape index (κ2) is 4.58. The summed E-state index contributed by atoms with van der Waals surface area (Å²) in [5.74, 6) is 1.38. The number of anilines is 1. The van der Waals surface area contributed by atoms with Crippen LogP contribution in [0, 0.1) is 5.92 Å². The summed E-state index contributed by atoms with van der Waals surface area (Å²) < 4.78 is 0. The lowest BCUT2D eigenvalue weighted by Crippen LogP contribution is -2.43. The van der Waals surface area contributed by atoms with Crippen molar-refractivity contribution in [2.75, 3.05) is 18.0 Å². The van der Waals surface area contributed by atoms with Gasteiger partial charge in [-0.25, -0.2) is 4.98 Å². The molecule has 2 aromatic rings. The Labute approximate surface area is 107 Å². The van der Waals surface area contributed by atoms with Gasteiger partial charge in [0.2, 0.25) is 0 Å². The van der Waals surface area contributed by atoms with E-state index in [0.29, 0.717) is 12.5 Å². The minimum atomic E-state index is -0.250. The van der Waals surface area contributed by atoms with Crippen molar-refractivity contribution in [3.63, 3.8) is 0 Å². The molecule has 0 bridgehead atoms. The highest BCUT2D eigenvalue weighted by atomic mass is 16.3. The quantitative estimate of drug-likeness (QED) is 0.834. The van der Waals surface area contributed by atoms with Crippen LogP contribution in [0.5, 0.6) is 0 Å². The summed E-state index contributed by atoms with van der Waals surface area (Å²) in [5.41, 5.74) is 0. The SMILES string of the molecule is CC1CCN(c2nccc3ccccc23)CC1O. The summed E-state index contributed by atoms with van der Waals surface area (Å²) in [4.78, 5) is 6.71. The fourth-order valence-corrected chi connectivity index (χ4v) is 2.60. The molecule has 3 rings (SSSR count). The van der Waals surface area contributed by atoms with Crippen LogP contribution in [0.1, 0.15) is 13.3 Å². The molecule has 1 saturated heterocycles. The first kappa shape index (κ1) is 11.5. The highest BCUT2D eigenvalue weighted by Crippen LogP contribution is 2.28. The van der Waals surface area contributed by atoms with Gasteiger partial charge in [-0.2, -0.15) is 0 Å². The number of hydrogen-bond donors (Lipinski definition) is 1. The third kappa shape index (κ3) is 1.95. The Balaban J connectivity index is 1.99. The van der Waals surface area contributed by atoms with E-state index in [1.54, 1.807) is 0 Å². The van der Waals surface area contributed by atoms with Gasteiger partial charge in [-0.05, 0) is 23.8 Å². The number of nitrogens with zero attached hydrogens (tertiary/aromatic N) is 2. The number of rotatable bonds is 1. The van der Waals surface area contributed by atoms with E-state index in [9.17, 15) is 5.11 Å². The zero-order valence-electron chi connectivity index (χ0n) is 10.6. The second-order valence-corrected chi connectivity index (χ2v) is 5.14. The van der Waals surface area contributed by atoms with Crippen molar-refractivity contribution in [1.82, 2.24) is 4.98 Å². The molecule has 3 heteroatoms. The van der Waals surface area contributed by atoms with Crippen molar-refractivity contribution in [1.29, 1.82) is 0 Å². The highest BCUT2D eigenvalue weighted by Gasteiger charge is 2.25. The number of aromatic nitrogens is 1. The largest absolute Gasteiger partial charge is 0.391 e. The summed E-state index contributed by atoms with van der Waals surface area (Å²) >= 11 is 0. The van der Waals surface area contributed by atoms with Gasteiger partial charge in [-0.1, -0.05) is 31.2 Å². The Kier molecular flexibility index (Phi) is 2.92. The Bertz CT molecular complexity index is 550. The van der Waals surface area contributed by atoms with E-state index in [1.807, 2.05) is 24.4 Å². The van der Waals surface area contributed by atoms with E-state index < -0.39 is 0 Å². The number of benzene rings is 1. The monoisotopic (exact) mass is 242 g/mol. The van der Waals surface area contributed by atoms with Crippen molar-refractivity contribution in [3.8, 4) is 0 Å². The fourth-order valence-electron chi connectivity index (χ4n) is 2.60. The second-order valence-electron chi connectivity index (χ2n) is 5.14. The molecule has 0 amide bonds. The maximum atomic E-state index is 10.0. The standard InChI is InChI=1S/C15H18N2O/c1-11-7-9-17(10-14(11)18)15-13-5-3-2-4-12(13)6-8-16-15/h2-6,8,11,14,18H,7,9-10H2,1H3. The number of aliphatic hydroxyl groups is 1. The smallest absolute Gasteiger partial charge is 0.136 e. The Hall–Kier alpha value is -1.61. The van der Waals surface area contributed by atoms with Gasteiger partial charge in [0.25, 0.3) is 0 Å². The zero-order chi connectivity index (χ0) is 12.5. The average Bonchev–Trinajstić information content (AvgIpc) is 2.41. The minimum Gasteiger partial charge on any atom is -0.391 e. The molecule has 2 atom stereocenters. The van der Waals surface area contributed by atoms with E-state index in [0.717, 1.165) is 18.8 Å².